The number of phenols is 2. The van der Waals surface area contributed by atoms with Crippen molar-refractivity contribution in [3.05, 3.63) is 53.1 Å². The first-order valence-electron chi connectivity index (χ1n) is 6.50. The highest BCUT2D eigenvalue weighted by Gasteiger charge is 2.39. The Labute approximate surface area is 121 Å². The standard InChI is InChI=1S/C16H14O5/c1-8-10(17)7-11-12(13(8)18)14(19)15(20)16(21-11)9-5-3-2-4-6-9/h2-7,15-18,20H,1H3. The summed E-state index contributed by atoms with van der Waals surface area (Å²) in [6.07, 6.45) is -2.28. The number of carbonyl (C=O) groups excluding carboxylic acids is 1. The molecule has 2 aromatic rings. The van der Waals surface area contributed by atoms with Crippen LogP contribution in [0.25, 0.3) is 0 Å². The van der Waals surface area contributed by atoms with Gasteiger partial charge in [0, 0.05) is 11.6 Å². The van der Waals surface area contributed by atoms with E-state index in [4.69, 9.17) is 4.74 Å². The zero-order chi connectivity index (χ0) is 15.1. The summed E-state index contributed by atoms with van der Waals surface area (Å²) in [5.41, 5.74) is 0.726. The summed E-state index contributed by atoms with van der Waals surface area (Å²) < 4.78 is 5.63. The fourth-order valence-electron chi connectivity index (χ4n) is 2.44. The van der Waals surface area contributed by atoms with Gasteiger partial charge in [-0.25, -0.2) is 0 Å². The summed E-state index contributed by atoms with van der Waals surface area (Å²) in [5, 5.41) is 29.9. The van der Waals surface area contributed by atoms with E-state index in [-0.39, 0.29) is 28.4 Å². The third-order valence-corrected chi connectivity index (χ3v) is 3.67. The van der Waals surface area contributed by atoms with Gasteiger partial charge >= 0.3 is 0 Å². The molecule has 1 aliphatic rings. The van der Waals surface area contributed by atoms with Crippen LogP contribution in [0.15, 0.2) is 36.4 Å². The smallest absolute Gasteiger partial charge is 0.202 e. The summed E-state index contributed by atoms with van der Waals surface area (Å²) in [7, 11) is 0. The molecule has 0 bridgehead atoms. The minimum Gasteiger partial charge on any atom is -0.507 e. The van der Waals surface area contributed by atoms with Gasteiger partial charge in [0.05, 0.1) is 0 Å². The quantitative estimate of drug-likeness (QED) is 0.747. The Balaban J connectivity index is 2.12. The van der Waals surface area contributed by atoms with Crippen molar-refractivity contribution in [3.63, 3.8) is 0 Å². The fraction of sp³-hybridized carbons (Fsp3) is 0.188. The van der Waals surface area contributed by atoms with Crippen LogP contribution in [-0.2, 0) is 0 Å². The third-order valence-electron chi connectivity index (χ3n) is 3.67. The van der Waals surface area contributed by atoms with Crippen LogP contribution < -0.4 is 4.74 Å². The summed E-state index contributed by atoms with van der Waals surface area (Å²) in [4.78, 5) is 12.3. The topological polar surface area (TPSA) is 87.0 Å². The first kappa shape index (κ1) is 13.5. The SMILES string of the molecule is Cc1c(O)cc2c(c1O)C(=O)C(O)C(c1ccccc1)O2. The second-order valence-corrected chi connectivity index (χ2v) is 5.00. The number of aromatic hydroxyl groups is 2. The molecule has 21 heavy (non-hydrogen) atoms. The molecular weight excluding hydrogens is 272 g/mol. The normalized spacial score (nSPS) is 20.8. The molecule has 2 unspecified atom stereocenters. The molecule has 5 heteroatoms. The Morgan fingerprint density at radius 1 is 1.14 bits per heavy atom. The van der Waals surface area contributed by atoms with Gasteiger partial charge < -0.3 is 20.1 Å². The second-order valence-electron chi connectivity index (χ2n) is 5.00. The monoisotopic (exact) mass is 286 g/mol. The summed E-state index contributed by atoms with van der Waals surface area (Å²) in [5.74, 6) is -1.08. The lowest BCUT2D eigenvalue weighted by Gasteiger charge is -2.30. The molecular formula is C16H14O5. The molecule has 2 atom stereocenters. The molecule has 108 valence electrons. The summed E-state index contributed by atoms with van der Waals surface area (Å²) in [6.45, 7) is 1.48. The lowest BCUT2D eigenvalue weighted by Crippen LogP contribution is -2.36. The summed E-state index contributed by atoms with van der Waals surface area (Å²) in [6, 6.07) is 10.1. The van der Waals surface area contributed by atoms with Crippen molar-refractivity contribution in [1.82, 2.24) is 0 Å². The van der Waals surface area contributed by atoms with Crippen LogP contribution in [0, 0.1) is 6.92 Å². The van der Waals surface area contributed by atoms with Gasteiger partial charge in [-0.1, -0.05) is 30.3 Å². The van der Waals surface area contributed by atoms with Crippen molar-refractivity contribution < 1.29 is 24.9 Å². The van der Waals surface area contributed by atoms with Gasteiger partial charge in [-0.3, -0.25) is 4.79 Å². The molecule has 2 aromatic carbocycles. The van der Waals surface area contributed by atoms with Crippen LogP contribution >= 0.6 is 0 Å². The number of benzene rings is 2. The van der Waals surface area contributed by atoms with E-state index in [9.17, 15) is 20.1 Å². The molecule has 3 rings (SSSR count). The maximum atomic E-state index is 12.3. The summed E-state index contributed by atoms with van der Waals surface area (Å²) >= 11 is 0. The van der Waals surface area contributed by atoms with E-state index in [0.717, 1.165) is 0 Å². The highest BCUT2D eigenvalue weighted by molar-refractivity contribution is 6.06. The molecule has 1 aliphatic heterocycles. The largest absolute Gasteiger partial charge is 0.507 e. The van der Waals surface area contributed by atoms with Crippen molar-refractivity contribution in [2.24, 2.45) is 0 Å². The molecule has 0 radical (unpaired) electrons. The van der Waals surface area contributed by atoms with Crippen molar-refractivity contribution in [1.29, 1.82) is 0 Å². The highest BCUT2D eigenvalue weighted by atomic mass is 16.5. The van der Waals surface area contributed by atoms with E-state index in [2.05, 4.69) is 0 Å². The Bertz CT molecular complexity index is 708. The molecule has 1 heterocycles. The average molecular weight is 286 g/mol. The van der Waals surface area contributed by atoms with Crippen LogP contribution in [0.3, 0.4) is 0 Å². The molecule has 5 nitrogen and oxygen atoms in total. The van der Waals surface area contributed by atoms with Crippen molar-refractivity contribution in [2.75, 3.05) is 0 Å². The predicted molar refractivity (Wildman–Crippen MR) is 74.7 cm³/mol. The van der Waals surface area contributed by atoms with E-state index in [0.29, 0.717) is 5.56 Å². The molecule has 0 saturated heterocycles. The van der Waals surface area contributed by atoms with Gasteiger partial charge in [-0.2, -0.15) is 0 Å². The fourth-order valence-corrected chi connectivity index (χ4v) is 2.44. The zero-order valence-corrected chi connectivity index (χ0v) is 11.3. The van der Waals surface area contributed by atoms with Gasteiger partial charge in [-0.05, 0) is 12.5 Å². The number of aliphatic hydroxyl groups is 1. The van der Waals surface area contributed by atoms with Crippen molar-refractivity contribution in [2.45, 2.75) is 19.1 Å². The van der Waals surface area contributed by atoms with Crippen LogP contribution in [0.5, 0.6) is 17.2 Å². The van der Waals surface area contributed by atoms with Gasteiger partial charge in [0.1, 0.15) is 22.8 Å². The number of fused-ring (bicyclic) bond motifs is 1. The van der Waals surface area contributed by atoms with Crippen molar-refractivity contribution in [3.8, 4) is 17.2 Å². The molecule has 0 amide bonds. The molecule has 0 aromatic heterocycles. The maximum absolute atomic E-state index is 12.3. The number of hydrogen-bond acceptors (Lipinski definition) is 5. The Morgan fingerprint density at radius 2 is 1.81 bits per heavy atom. The molecule has 0 fully saturated rings. The van der Waals surface area contributed by atoms with E-state index < -0.39 is 18.0 Å². The Morgan fingerprint density at radius 3 is 2.48 bits per heavy atom. The molecule has 3 N–H and O–H groups in total. The van der Waals surface area contributed by atoms with E-state index in [1.54, 1.807) is 24.3 Å². The number of Topliss-reactive ketones (excluding diaryl/α,β-unsaturated/α-hetero) is 1. The second kappa shape index (κ2) is 4.79. The number of carbonyl (C=O) groups is 1. The Kier molecular flexibility index (Phi) is 3.07. The molecule has 0 saturated carbocycles. The van der Waals surface area contributed by atoms with E-state index in [1.807, 2.05) is 6.07 Å². The molecule has 0 spiro atoms. The number of rotatable bonds is 1. The number of hydrogen-bond donors (Lipinski definition) is 3. The van der Waals surface area contributed by atoms with E-state index >= 15 is 0 Å². The van der Waals surface area contributed by atoms with Crippen molar-refractivity contribution >= 4 is 5.78 Å². The third kappa shape index (κ3) is 2.02. The number of aliphatic hydroxyl groups excluding tert-OH is 1. The maximum Gasteiger partial charge on any atom is 0.202 e. The predicted octanol–water partition coefficient (Wildman–Crippen LogP) is 2.08. The number of phenolic OH excluding ortho intramolecular Hbond substituents is 2. The minimum absolute atomic E-state index is 0.0692. The lowest BCUT2D eigenvalue weighted by molar-refractivity contribution is 0.0210. The van der Waals surface area contributed by atoms with Crippen LogP contribution in [0.4, 0.5) is 0 Å². The van der Waals surface area contributed by atoms with Crippen LogP contribution in [0.2, 0.25) is 0 Å². The van der Waals surface area contributed by atoms with Gasteiger partial charge in [-0.15, -0.1) is 0 Å². The average Bonchev–Trinajstić information content (AvgIpc) is 2.49. The van der Waals surface area contributed by atoms with Gasteiger partial charge in [0.25, 0.3) is 0 Å². The Hall–Kier alpha value is -2.53. The number of ether oxygens (including phenoxy) is 1. The van der Waals surface area contributed by atoms with Crippen LogP contribution in [-0.4, -0.2) is 27.2 Å². The highest BCUT2D eigenvalue weighted by Crippen LogP contribution is 2.44. The zero-order valence-electron chi connectivity index (χ0n) is 11.3. The first-order valence-corrected chi connectivity index (χ1v) is 6.50. The first-order chi connectivity index (χ1) is 10.0. The molecule has 0 aliphatic carbocycles. The van der Waals surface area contributed by atoms with E-state index in [1.165, 1.54) is 13.0 Å². The van der Waals surface area contributed by atoms with Gasteiger partial charge in [0.2, 0.25) is 5.78 Å². The number of ketones is 1. The van der Waals surface area contributed by atoms with Crippen LogP contribution in [0.1, 0.15) is 27.6 Å². The minimum atomic E-state index is -1.41. The lowest BCUT2D eigenvalue weighted by atomic mass is 9.91. The van der Waals surface area contributed by atoms with Gasteiger partial charge in [0.15, 0.2) is 12.2 Å².